The van der Waals surface area contributed by atoms with Crippen LogP contribution < -0.4 is 10.7 Å². The second-order valence-corrected chi connectivity index (χ2v) is 4.66. The lowest BCUT2D eigenvalue weighted by Gasteiger charge is -2.03. The first-order valence-corrected chi connectivity index (χ1v) is 6.16. The van der Waals surface area contributed by atoms with E-state index in [4.69, 9.17) is 12.2 Å². The molecular weight excluding hydrogens is 240 g/mol. The van der Waals surface area contributed by atoms with Gasteiger partial charge >= 0.3 is 0 Å². The molecule has 84 valence electrons. The van der Waals surface area contributed by atoms with Gasteiger partial charge in [0.05, 0.1) is 0 Å². The number of thiocarbonyl (C=S) groups is 1. The van der Waals surface area contributed by atoms with E-state index in [0.717, 1.165) is 21.5 Å². The zero-order valence-corrected chi connectivity index (χ0v) is 10.2. The maximum atomic E-state index is 5.12. The predicted molar refractivity (Wildman–Crippen MR) is 76.4 cm³/mol. The van der Waals surface area contributed by atoms with Crippen LogP contribution in [0.4, 0.5) is 0 Å². The summed E-state index contributed by atoms with van der Waals surface area (Å²) in [4.78, 5) is 8.79. The van der Waals surface area contributed by atoms with E-state index in [-0.39, 0.29) is 0 Å². The first-order valence-electron chi connectivity index (χ1n) is 5.75. The lowest BCUT2D eigenvalue weighted by Crippen LogP contribution is -2.23. The molecule has 0 amide bonds. The van der Waals surface area contributed by atoms with E-state index in [2.05, 4.69) is 34.3 Å². The van der Waals surface area contributed by atoms with Gasteiger partial charge in [-0.2, -0.15) is 0 Å². The predicted octanol–water partition coefficient (Wildman–Crippen LogP) is 2.53. The van der Waals surface area contributed by atoms with Crippen LogP contribution >= 0.6 is 12.2 Å². The Labute approximate surface area is 108 Å². The second-order valence-electron chi connectivity index (χ2n) is 4.29. The van der Waals surface area contributed by atoms with Crippen molar-refractivity contribution in [2.45, 2.75) is 0 Å². The number of rotatable bonds is 0. The van der Waals surface area contributed by atoms with Crippen LogP contribution in [-0.2, 0) is 0 Å². The summed E-state index contributed by atoms with van der Waals surface area (Å²) in [6, 6.07) is 16.5. The van der Waals surface area contributed by atoms with E-state index >= 15 is 0 Å². The van der Waals surface area contributed by atoms with Gasteiger partial charge in [-0.25, -0.2) is 9.98 Å². The van der Waals surface area contributed by atoms with Crippen LogP contribution in [-0.4, -0.2) is 5.11 Å². The molecule has 1 heterocycles. The van der Waals surface area contributed by atoms with Gasteiger partial charge in [0.2, 0.25) is 5.11 Å². The smallest absolute Gasteiger partial charge is 0.216 e. The molecule has 0 saturated carbocycles. The van der Waals surface area contributed by atoms with Crippen molar-refractivity contribution in [2.24, 2.45) is 9.98 Å². The number of benzene rings is 3. The molecule has 18 heavy (non-hydrogen) atoms. The molecule has 2 nitrogen and oxygen atoms in total. The quantitative estimate of drug-likeness (QED) is 0.443. The molecule has 3 heteroatoms. The maximum Gasteiger partial charge on any atom is 0.220 e. The summed E-state index contributed by atoms with van der Waals surface area (Å²) < 4.78 is 0. The average molecular weight is 248 g/mol. The molecule has 0 unspecified atom stereocenters. The first-order chi connectivity index (χ1) is 8.84. The summed E-state index contributed by atoms with van der Waals surface area (Å²) in [5.41, 5.74) is 0. The molecule has 3 aromatic carbocycles. The van der Waals surface area contributed by atoms with Gasteiger partial charge in [0.15, 0.2) is 0 Å². The monoisotopic (exact) mass is 248 g/mol. The van der Waals surface area contributed by atoms with Gasteiger partial charge in [-0.3, -0.25) is 0 Å². The number of nitrogens with zero attached hydrogens (tertiary/aromatic N) is 2. The topological polar surface area (TPSA) is 24.7 Å². The molecule has 0 radical (unpaired) electrons. The van der Waals surface area contributed by atoms with Crippen LogP contribution in [0.2, 0.25) is 0 Å². The lowest BCUT2D eigenvalue weighted by molar-refractivity contribution is 1.46. The van der Waals surface area contributed by atoms with Gasteiger partial charge in [0.25, 0.3) is 0 Å². The minimum atomic E-state index is 0.423. The van der Waals surface area contributed by atoms with Gasteiger partial charge in [0.1, 0.15) is 10.7 Å². The zero-order valence-electron chi connectivity index (χ0n) is 9.42. The van der Waals surface area contributed by atoms with Crippen LogP contribution in [0.3, 0.4) is 0 Å². The van der Waals surface area contributed by atoms with Gasteiger partial charge < -0.3 is 0 Å². The van der Waals surface area contributed by atoms with Gasteiger partial charge in [-0.1, -0.05) is 48.5 Å². The molecule has 0 aliphatic carbocycles. The molecule has 0 N–H and O–H groups in total. The van der Waals surface area contributed by atoms with Crippen molar-refractivity contribution in [3.05, 3.63) is 59.2 Å². The third-order valence-corrected chi connectivity index (χ3v) is 3.48. The molecule has 1 aliphatic heterocycles. The first kappa shape index (κ1) is 9.85. The number of fused-ring (bicyclic) bond motifs is 6. The zero-order chi connectivity index (χ0) is 12.1. The Bertz CT molecular complexity index is 865. The van der Waals surface area contributed by atoms with Gasteiger partial charge in [-0.15, -0.1) is 0 Å². The molecular formula is C15H8N2S. The van der Waals surface area contributed by atoms with Gasteiger partial charge in [0, 0.05) is 10.8 Å². The molecule has 0 atom stereocenters. The third kappa shape index (κ3) is 1.19. The highest BCUT2D eigenvalue weighted by molar-refractivity contribution is 7.80. The van der Waals surface area contributed by atoms with Crippen molar-refractivity contribution < 1.29 is 0 Å². The maximum absolute atomic E-state index is 5.12. The Balaban J connectivity index is 2.49. The van der Waals surface area contributed by atoms with Crippen molar-refractivity contribution in [3.63, 3.8) is 0 Å². The fourth-order valence-electron chi connectivity index (χ4n) is 2.55. The van der Waals surface area contributed by atoms with E-state index < -0.39 is 0 Å². The molecule has 4 rings (SSSR count). The molecule has 0 fully saturated rings. The Morgan fingerprint density at radius 3 is 1.44 bits per heavy atom. The highest BCUT2D eigenvalue weighted by Gasteiger charge is 2.11. The van der Waals surface area contributed by atoms with E-state index in [1.807, 2.05) is 24.3 Å². The Kier molecular flexibility index (Phi) is 1.88. The number of hydrogen-bond acceptors (Lipinski definition) is 1. The fourth-order valence-corrected chi connectivity index (χ4v) is 2.73. The minimum absolute atomic E-state index is 0.423. The van der Waals surface area contributed by atoms with E-state index in [0.29, 0.717) is 5.11 Å². The van der Waals surface area contributed by atoms with Crippen molar-refractivity contribution in [1.82, 2.24) is 0 Å². The van der Waals surface area contributed by atoms with Crippen molar-refractivity contribution in [1.29, 1.82) is 0 Å². The van der Waals surface area contributed by atoms with Crippen molar-refractivity contribution >= 4 is 38.9 Å². The SMILES string of the molecule is S=C1N=c2c(c3ccccc3c3ccccc23)=N1. The average Bonchev–Trinajstić information content (AvgIpc) is 2.81. The third-order valence-electron chi connectivity index (χ3n) is 3.29. The van der Waals surface area contributed by atoms with Crippen LogP contribution in [0.1, 0.15) is 0 Å². The van der Waals surface area contributed by atoms with Crippen LogP contribution in [0.25, 0.3) is 21.5 Å². The van der Waals surface area contributed by atoms with Crippen molar-refractivity contribution in [2.75, 3.05) is 0 Å². The normalized spacial score (nSPS) is 13.4. The Hall–Kier alpha value is -2.13. The molecule has 0 bridgehead atoms. The van der Waals surface area contributed by atoms with E-state index in [1.54, 1.807) is 0 Å². The minimum Gasteiger partial charge on any atom is -0.216 e. The highest BCUT2D eigenvalue weighted by Crippen LogP contribution is 2.20. The van der Waals surface area contributed by atoms with E-state index in [1.165, 1.54) is 10.8 Å². The van der Waals surface area contributed by atoms with E-state index in [9.17, 15) is 0 Å². The fraction of sp³-hybridized carbons (Fsp3) is 0. The summed E-state index contributed by atoms with van der Waals surface area (Å²) in [5, 5.41) is 6.89. The Morgan fingerprint density at radius 1 is 0.611 bits per heavy atom. The summed E-state index contributed by atoms with van der Waals surface area (Å²) in [5.74, 6) is 0. The van der Waals surface area contributed by atoms with Crippen LogP contribution in [0.5, 0.6) is 0 Å². The molecule has 1 aliphatic rings. The van der Waals surface area contributed by atoms with Crippen LogP contribution in [0.15, 0.2) is 58.5 Å². The number of hydrogen-bond donors (Lipinski definition) is 0. The Morgan fingerprint density at radius 2 is 1.00 bits per heavy atom. The molecule has 0 spiro atoms. The van der Waals surface area contributed by atoms with Gasteiger partial charge in [-0.05, 0) is 23.0 Å². The lowest BCUT2D eigenvalue weighted by atomic mass is 10.0. The largest absolute Gasteiger partial charge is 0.220 e. The molecule has 3 aromatic rings. The summed E-state index contributed by atoms with van der Waals surface area (Å²) >= 11 is 5.12. The summed E-state index contributed by atoms with van der Waals surface area (Å²) in [7, 11) is 0. The molecule has 0 saturated heterocycles. The summed E-state index contributed by atoms with van der Waals surface area (Å²) in [6.45, 7) is 0. The van der Waals surface area contributed by atoms with Crippen LogP contribution in [0, 0.1) is 0 Å². The molecule has 0 aromatic heterocycles. The highest BCUT2D eigenvalue weighted by atomic mass is 32.1. The van der Waals surface area contributed by atoms with Crippen molar-refractivity contribution in [3.8, 4) is 0 Å². The summed E-state index contributed by atoms with van der Waals surface area (Å²) in [6.07, 6.45) is 0. The second kappa shape index (κ2) is 3.43. The standard InChI is InChI=1S/C15H8N2S/c18-15-16-13-11-7-3-1-5-9(11)10-6-2-4-8-12(10)14(13)17-15/h1-8H.